The molecule has 0 saturated heterocycles. The first kappa shape index (κ1) is 23.1. The molecule has 3 rings (SSSR count). The zero-order valence-corrected chi connectivity index (χ0v) is 18.7. The van der Waals surface area contributed by atoms with Crippen molar-refractivity contribution in [2.45, 2.75) is 37.6 Å². The molecule has 2 aromatic carbocycles. The van der Waals surface area contributed by atoms with Gasteiger partial charge in [0.05, 0.1) is 11.3 Å². The number of carboxylic acids is 1. The molecule has 0 atom stereocenters. The molecular formula is C22H20F3NO3S2. The van der Waals surface area contributed by atoms with E-state index in [1.54, 1.807) is 11.8 Å². The summed E-state index contributed by atoms with van der Waals surface area (Å²) < 4.78 is 43.6. The Balaban J connectivity index is 1.72. The van der Waals surface area contributed by atoms with Crippen molar-refractivity contribution in [2.24, 2.45) is 0 Å². The van der Waals surface area contributed by atoms with E-state index in [-0.39, 0.29) is 6.61 Å². The average molecular weight is 468 g/mol. The molecule has 0 spiro atoms. The van der Waals surface area contributed by atoms with Crippen LogP contribution in [0.15, 0.2) is 41.3 Å². The van der Waals surface area contributed by atoms with Gasteiger partial charge in [0, 0.05) is 21.1 Å². The smallest absolute Gasteiger partial charge is 0.416 e. The molecule has 0 fully saturated rings. The molecule has 9 heteroatoms. The average Bonchev–Trinajstić information content (AvgIpc) is 3.07. The van der Waals surface area contributed by atoms with Gasteiger partial charge in [0.2, 0.25) is 0 Å². The van der Waals surface area contributed by atoms with Crippen molar-refractivity contribution in [3.05, 3.63) is 63.7 Å². The first-order chi connectivity index (χ1) is 14.5. The van der Waals surface area contributed by atoms with Crippen molar-refractivity contribution < 1.29 is 27.8 Å². The molecule has 0 bridgehead atoms. The van der Waals surface area contributed by atoms with Crippen LogP contribution in [-0.4, -0.2) is 22.7 Å². The van der Waals surface area contributed by atoms with Crippen LogP contribution < -0.4 is 4.74 Å². The summed E-state index contributed by atoms with van der Waals surface area (Å²) in [6.07, 6.45) is -4.36. The minimum atomic E-state index is -4.36. The van der Waals surface area contributed by atoms with E-state index in [0.717, 1.165) is 38.7 Å². The summed E-state index contributed by atoms with van der Waals surface area (Å²) in [5.41, 5.74) is 2.65. The fraction of sp³-hybridized carbons (Fsp3) is 0.273. The lowest BCUT2D eigenvalue weighted by atomic mass is 10.1. The molecule has 1 heterocycles. The quantitative estimate of drug-likeness (QED) is 0.402. The van der Waals surface area contributed by atoms with E-state index >= 15 is 0 Å². The summed E-state index contributed by atoms with van der Waals surface area (Å²) in [4.78, 5) is 17.3. The van der Waals surface area contributed by atoms with Crippen LogP contribution in [0.3, 0.4) is 0 Å². The first-order valence-corrected chi connectivity index (χ1v) is 11.1. The van der Waals surface area contributed by atoms with Crippen molar-refractivity contribution >= 4 is 29.1 Å². The van der Waals surface area contributed by atoms with Crippen molar-refractivity contribution in [1.82, 2.24) is 4.98 Å². The highest BCUT2D eigenvalue weighted by Crippen LogP contribution is 2.36. The first-order valence-electron chi connectivity index (χ1n) is 9.27. The van der Waals surface area contributed by atoms with Crippen LogP contribution in [0.25, 0.3) is 10.6 Å². The van der Waals surface area contributed by atoms with Crippen molar-refractivity contribution in [3.63, 3.8) is 0 Å². The van der Waals surface area contributed by atoms with Gasteiger partial charge < -0.3 is 9.84 Å². The number of aromatic nitrogens is 1. The molecule has 0 aliphatic carbocycles. The van der Waals surface area contributed by atoms with E-state index in [1.807, 2.05) is 32.9 Å². The van der Waals surface area contributed by atoms with Crippen LogP contribution in [-0.2, 0) is 16.7 Å². The van der Waals surface area contributed by atoms with Gasteiger partial charge in [-0.1, -0.05) is 12.1 Å². The number of nitrogens with zero attached hydrogens (tertiary/aromatic N) is 1. The zero-order chi connectivity index (χ0) is 22.8. The molecule has 3 aromatic rings. The van der Waals surface area contributed by atoms with Crippen LogP contribution in [0.5, 0.6) is 5.75 Å². The number of thioether (sulfide) groups is 1. The highest BCUT2D eigenvalue weighted by molar-refractivity contribution is 7.98. The second kappa shape index (κ2) is 9.32. The number of rotatable bonds is 7. The summed E-state index contributed by atoms with van der Waals surface area (Å²) in [5, 5.41) is 9.46. The van der Waals surface area contributed by atoms with Crippen LogP contribution in [0.2, 0.25) is 0 Å². The predicted octanol–water partition coefficient (Wildman–Crippen LogP) is 6.51. The van der Waals surface area contributed by atoms with E-state index in [0.29, 0.717) is 22.1 Å². The van der Waals surface area contributed by atoms with Crippen molar-refractivity contribution in [1.29, 1.82) is 0 Å². The SMILES string of the molecule is Cc1cc(SCc2sc(-c3ccc(C(F)(F)F)cc3)nc2C)c(C)cc1OCC(=O)O. The molecule has 0 amide bonds. The van der Waals surface area contributed by atoms with Gasteiger partial charge in [-0.2, -0.15) is 13.2 Å². The lowest BCUT2D eigenvalue weighted by Gasteiger charge is -2.12. The van der Waals surface area contributed by atoms with Gasteiger partial charge >= 0.3 is 12.1 Å². The predicted molar refractivity (Wildman–Crippen MR) is 116 cm³/mol. The third-order valence-electron chi connectivity index (χ3n) is 4.53. The van der Waals surface area contributed by atoms with Crippen LogP contribution in [0, 0.1) is 20.8 Å². The Kier molecular flexibility index (Phi) is 6.96. The van der Waals surface area contributed by atoms with Crippen LogP contribution >= 0.6 is 23.1 Å². The molecule has 0 aliphatic rings. The third-order valence-corrected chi connectivity index (χ3v) is 7.11. The maximum atomic E-state index is 12.8. The second-order valence-electron chi connectivity index (χ2n) is 6.96. The minimum absolute atomic E-state index is 0.389. The zero-order valence-electron chi connectivity index (χ0n) is 17.0. The monoisotopic (exact) mass is 467 g/mol. The number of hydrogen-bond donors (Lipinski definition) is 1. The number of alkyl halides is 3. The topological polar surface area (TPSA) is 59.4 Å². The summed E-state index contributed by atoms with van der Waals surface area (Å²) in [6.45, 7) is 5.30. The van der Waals surface area contributed by atoms with Crippen LogP contribution in [0.4, 0.5) is 13.2 Å². The Morgan fingerprint density at radius 2 is 1.81 bits per heavy atom. The Morgan fingerprint density at radius 1 is 1.13 bits per heavy atom. The molecule has 4 nitrogen and oxygen atoms in total. The van der Waals surface area contributed by atoms with Gasteiger partial charge in [-0.15, -0.1) is 23.1 Å². The number of aliphatic carboxylic acids is 1. The van der Waals surface area contributed by atoms with Gasteiger partial charge in [-0.3, -0.25) is 0 Å². The number of aryl methyl sites for hydroxylation is 3. The molecule has 164 valence electrons. The number of halogens is 3. The number of ether oxygens (including phenoxy) is 1. The standard InChI is InChI=1S/C22H20F3NO3S2/c1-12-9-18(13(2)8-17(12)29-10-20(27)28)30-11-19-14(3)26-21(31-19)15-4-6-16(7-5-15)22(23,24)25/h4-9H,10-11H2,1-3H3,(H,27,28). The van der Waals surface area contributed by atoms with Gasteiger partial charge in [0.1, 0.15) is 10.8 Å². The molecule has 31 heavy (non-hydrogen) atoms. The van der Waals surface area contributed by atoms with E-state index < -0.39 is 17.7 Å². The highest BCUT2D eigenvalue weighted by atomic mass is 32.2. The van der Waals surface area contributed by atoms with E-state index in [4.69, 9.17) is 9.84 Å². The minimum Gasteiger partial charge on any atom is -0.482 e. The number of carbonyl (C=O) groups is 1. The second-order valence-corrected chi connectivity index (χ2v) is 9.06. The molecular weight excluding hydrogens is 447 g/mol. The molecule has 0 aliphatic heterocycles. The van der Waals surface area contributed by atoms with Crippen LogP contribution in [0.1, 0.15) is 27.3 Å². The molecule has 0 unspecified atom stereocenters. The molecule has 0 radical (unpaired) electrons. The summed E-state index contributed by atoms with van der Waals surface area (Å²) in [7, 11) is 0. The molecule has 0 saturated carbocycles. The van der Waals surface area contributed by atoms with Gasteiger partial charge in [0.15, 0.2) is 6.61 Å². The van der Waals surface area contributed by atoms with Gasteiger partial charge in [-0.25, -0.2) is 9.78 Å². The summed E-state index contributed by atoms with van der Waals surface area (Å²) in [5.74, 6) is 0.183. The van der Waals surface area contributed by atoms with E-state index in [2.05, 4.69) is 4.98 Å². The number of carboxylic acid groups (broad SMARTS) is 1. The van der Waals surface area contributed by atoms with E-state index in [1.165, 1.54) is 23.5 Å². The van der Waals surface area contributed by atoms with Gasteiger partial charge in [0.25, 0.3) is 0 Å². The van der Waals surface area contributed by atoms with Crippen molar-refractivity contribution in [3.8, 4) is 16.3 Å². The normalized spacial score (nSPS) is 11.5. The Hall–Kier alpha value is -2.52. The number of benzene rings is 2. The molecule has 1 N–H and O–H groups in total. The summed E-state index contributed by atoms with van der Waals surface area (Å²) >= 11 is 3.09. The maximum Gasteiger partial charge on any atom is 0.416 e. The van der Waals surface area contributed by atoms with E-state index in [9.17, 15) is 18.0 Å². The van der Waals surface area contributed by atoms with Crippen molar-refractivity contribution in [2.75, 3.05) is 6.61 Å². The Bertz CT molecular complexity index is 1090. The maximum absolute atomic E-state index is 12.8. The fourth-order valence-electron chi connectivity index (χ4n) is 2.84. The highest BCUT2D eigenvalue weighted by Gasteiger charge is 2.30. The molecule has 1 aromatic heterocycles. The Morgan fingerprint density at radius 3 is 2.42 bits per heavy atom. The lowest BCUT2D eigenvalue weighted by Crippen LogP contribution is -2.10. The number of hydrogen-bond acceptors (Lipinski definition) is 5. The largest absolute Gasteiger partial charge is 0.482 e. The van der Waals surface area contributed by atoms with Gasteiger partial charge in [-0.05, 0) is 56.2 Å². The fourth-order valence-corrected chi connectivity index (χ4v) is 5.16. The Labute approximate surface area is 186 Å². The number of thiazole rings is 1. The lowest BCUT2D eigenvalue weighted by molar-refractivity contribution is -0.139. The summed E-state index contributed by atoms with van der Waals surface area (Å²) in [6, 6.07) is 8.82. The third kappa shape index (κ3) is 5.80.